The number of likely N-dealkylation sites (N-methyl/N-ethyl adjacent to an activating group) is 1. The van der Waals surface area contributed by atoms with Gasteiger partial charge < -0.3 is 10.2 Å². The van der Waals surface area contributed by atoms with Crippen molar-refractivity contribution in [1.29, 1.82) is 0 Å². The van der Waals surface area contributed by atoms with E-state index in [9.17, 15) is 22.4 Å². The van der Waals surface area contributed by atoms with E-state index in [0.29, 0.717) is 12.2 Å². The van der Waals surface area contributed by atoms with Gasteiger partial charge in [-0.3, -0.25) is 13.9 Å². The molecule has 0 radical (unpaired) electrons. The molecule has 0 aromatic heterocycles. The van der Waals surface area contributed by atoms with Gasteiger partial charge in [0.2, 0.25) is 11.8 Å². The second-order valence-corrected chi connectivity index (χ2v) is 11.4. The Labute approximate surface area is 228 Å². The summed E-state index contributed by atoms with van der Waals surface area (Å²) in [5.41, 5.74) is 1.44. The SMILES string of the molecule is CCNC(=O)[C@@H](C)N(Cc1ccccc1F)C(=O)CN(c1ccc(C)cc1)S(=O)(=O)c1ccc(SC)cc1. The van der Waals surface area contributed by atoms with Crippen molar-refractivity contribution in [2.24, 2.45) is 0 Å². The van der Waals surface area contributed by atoms with Crippen molar-refractivity contribution in [3.05, 3.63) is 89.7 Å². The molecule has 0 saturated carbocycles. The molecule has 0 saturated heterocycles. The highest BCUT2D eigenvalue weighted by molar-refractivity contribution is 7.98. The molecular weight excluding hydrogens is 525 g/mol. The summed E-state index contributed by atoms with van der Waals surface area (Å²) in [4.78, 5) is 28.6. The summed E-state index contributed by atoms with van der Waals surface area (Å²) in [5, 5.41) is 2.68. The molecule has 10 heteroatoms. The van der Waals surface area contributed by atoms with E-state index in [4.69, 9.17) is 0 Å². The number of carbonyl (C=O) groups is 2. The van der Waals surface area contributed by atoms with Crippen LogP contribution >= 0.6 is 11.8 Å². The Kier molecular flexibility index (Phi) is 9.93. The Hall–Kier alpha value is -3.37. The third-order valence-corrected chi connectivity index (χ3v) is 8.60. The van der Waals surface area contributed by atoms with Gasteiger partial charge in [-0.25, -0.2) is 12.8 Å². The van der Waals surface area contributed by atoms with Gasteiger partial charge in [-0.15, -0.1) is 11.8 Å². The van der Waals surface area contributed by atoms with Gasteiger partial charge in [0.15, 0.2) is 0 Å². The largest absolute Gasteiger partial charge is 0.355 e. The number of hydrogen-bond acceptors (Lipinski definition) is 5. The first-order chi connectivity index (χ1) is 18.1. The molecule has 202 valence electrons. The molecule has 0 aliphatic heterocycles. The molecule has 0 unspecified atom stereocenters. The minimum Gasteiger partial charge on any atom is -0.355 e. The standard InChI is InChI=1S/C28H32FN3O4S2/c1-5-30-28(34)21(3)31(18-22-8-6-7-9-26(22)29)27(33)19-32(23-12-10-20(2)11-13-23)38(35,36)25-16-14-24(37-4)15-17-25/h6-17,21H,5,18-19H2,1-4H3,(H,30,34)/t21-/m1/s1. The second kappa shape index (κ2) is 12.9. The van der Waals surface area contributed by atoms with Crippen LogP contribution < -0.4 is 9.62 Å². The van der Waals surface area contributed by atoms with Crippen molar-refractivity contribution in [3.8, 4) is 0 Å². The van der Waals surface area contributed by atoms with E-state index in [1.807, 2.05) is 13.2 Å². The zero-order chi connectivity index (χ0) is 27.9. The van der Waals surface area contributed by atoms with E-state index < -0.39 is 40.2 Å². The summed E-state index contributed by atoms with van der Waals surface area (Å²) in [6.07, 6.45) is 1.89. The molecule has 0 aliphatic rings. The summed E-state index contributed by atoms with van der Waals surface area (Å²) in [6.45, 7) is 4.74. The van der Waals surface area contributed by atoms with E-state index in [1.165, 1.54) is 53.9 Å². The number of anilines is 1. The van der Waals surface area contributed by atoms with Crippen molar-refractivity contribution < 1.29 is 22.4 Å². The Morgan fingerprint density at radius 2 is 1.63 bits per heavy atom. The summed E-state index contributed by atoms with van der Waals surface area (Å²) in [7, 11) is -4.16. The number of halogens is 1. The lowest BCUT2D eigenvalue weighted by molar-refractivity contribution is -0.139. The van der Waals surface area contributed by atoms with Gasteiger partial charge in [-0.05, 0) is 69.5 Å². The van der Waals surface area contributed by atoms with Crippen LogP contribution in [-0.4, -0.2) is 50.5 Å². The quantitative estimate of drug-likeness (QED) is 0.348. The molecule has 0 spiro atoms. The minimum absolute atomic E-state index is 0.0288. The normalized spacial score (nSPS) is 12.0. The number of benzene rings is 3. The third kappa shape index (κ3) is 6.93. The average molecular weight is 558 g/mol. The smallest absolute Gasteiger partial charge is 0.264 e. The van der Waals surface area contributed by atoms with Gasteiger partial charge in [-0.1, -0.05) is 35.9 Å². The van der Waals surface area contributed by atoms with Crippen molar-refractivity contribution in [2.75, 3.05) is 23.7 Å². The molecule has 2 amide bonds. The molecule has 1 atom stereocenters. The first kappa shape index (κ1) is 29.2. The molecule has 1 N–H and O–H groups in total. The Bertz CT molecular complexity index is 1360. The van der Waals surface area contributed by atoms with Gasteiger partial charge in [0.25, 0.3) is 10.0 Å². The average Bonchev–Trinajstić information content (AvgIpc) is 2.91. The number of nitrogens with zero attached hydrogens (tertiary/aromatic N) is 2. The number of sulfonamides is 1. The van der Waals surface area contributed by atoms with Crippen LogP contribution in [0.4, 0.5) is 10.1 Å². The maximum absolute atomic E-state index is 14.5. The van der Waals surface area contributed by atoms with Gasteiger partial charge in [-0.2, -0.15) is 0 Å². The van der Waals surface area contributed by atoms with E-state index in [1.54, 1.807) is 49.4 Å². The molecule has 7 nitrogen and oxygen atoms in total. The predicted molar refractivity (Wildman–Crippen MR) is 149 cm³/mol. The van der Waals surface area contributed by atoms with Crippen LogP contribution in [0.3, 0.4) is 0 Å². The van der Waals surface area contributed by atoms with E-state index in [-0.39, 0.29) is 17.0 Å². The van der Waals surface area contributed by atoms with Crippen molar-refractivity contribution >= 4 is 39.3 Å². The first-order valence-electron chi connectivity index (χ1n) is 12.1. The summed E-state index contributed by atoms with van der Waals surface area (Å²) < 4.78 is 43.2. The maximum atomic E-state index is 14.5. The zero-order valence-corrected chi connectivity index (χ0v) is 23.5. The molecule has 0 aliphatic carbocycles. The monoisotopic (exact) mass is 557 g/mol. The third-order valence-electron chi connectivity index (χ3n) is 6.07. The molecule has 3 aromatic rings. The minimum atomic E-state index is -4.16. The zero-order valence-electron chi connectivity index (χ0n) is 21.8. The molecule has 3 aromatic carbocycles. The van der Waals surface area contributed by atoms with Crippen LogP contribution in [0.1, 0.15) is 25.0 Å². The highest BCUT2D eigenvalue weighted by Crippen LogP contribution is 2.26. The van der Waals surface area contributed by atoms with Gasteiger partial charge >= 0.3 is 0 Å². The fourth-order valence-corrected chi connectivity index (χ4v) is 5.65. The topological polar surface area (TPSA) is 86.8 Å². The number of carbonyl (C=O) groups excluding carboxylic acids is 2. The summed E-state index contributed by atoms with van der Waals surface area (Å²) in [6, 6.07) is 18.2. The van der Waals surface area contributed by atoms with Gasteiger partial charge in [0.1, 0.15) is 18.4 Å². The molecular formula is C28H32FN3O4S2. The highest BCUT2D eigenvalue weighted by atomic mass is 32.2. The Balaban J connectivity index is 2.03. The Morgan fingerprint density at radius 3 is 2.21 bits per heavy atom. The van der Waals surface area contributed by atoms with Crippen molar-refractivity contribution in [3.63, 3.8) is 0 Å². The second-order valence-electron chi connectivity index (χ2n) is 8.71. The summed E-state index contributed by atoms with van der Waals surface area (Å²) >= 11 is 1.48. The highest BCUT2D eigenvalue weighted by Gasteiger charge is 2.32. The van der Waals surface area contributed by atoms with Crippen LogP contribution in [0, 0.1) is 12.7 Å². The van der Waals surface area contributed by atoms with Crippen molar-refractivity contribution in [2.45, 2.75) is 43.1 Å². The first-order valence-corrected chi connectivity index (χ1v) is 14.8. The molecule has 0 bridgehead atoms. The Morgan fingerprint density at radius 1 is 1.00 bits per heavy atom. The molecule has 0 fully saturated rings. The van der Waals surface area contributed by atoms with Crippen LogP contribution in [-0.2, 0) is 26.2 Å². The van der Waals surface area contributed by atoms with Crippen LogP contribution in [0.25, 0.3) is 0 Å². The number of hydrogen-bond donors (Lipinski definition) is 1. The fraction of sp³-hybridized carbons (Fsp3) is 0.286. The maximum Gasteiger partial charge on any atom is 0.264 e. The number of thioether (sulfide) groups is 1. The lowest BCUT2D eigenvalue weighted by Gasteiger charge is -2.32. The van der Waals surface area contributed by atoms with Crippen LogP contribution in [0.2, 0.25) is 0 Å². The molecule has 0 heterocycles. The van der Waals surface area contributed by atoms with Crippen LogP contribution in [0.5, 0.6) is 0 Å². The predicted octanol–water partition coefficient (Wildman–Crippen LogP) is 4.60. The number of nitrogens with one attached hydrogen (secondary N) is 1. The summed E-state index contributed by atoms with van der Waals surface area (Å²) in [5.74, 6) is -1.59. The molecule has 3 rings (SSSR count). The lowest BCUT2D eigenvalue weighted by Crippen LogP contribution is -2.51. The molecule has 38 heavy (non-hydrogen) atoms. The fourth-order valence-electron chi connectivity index (χ4n) is 3.83. The van der Waals surface area contributed by atoms with Gasteiger partial charge in [0, 0.05) is 23.5 Å². The lowest BCUT2D eigenvalue weighted by atomic mass is 10.1. The van der Waals surface area contributed by atoms with Crippen molar-refractivity contribution in [1.82, 2.24) is 10.2 Å². The van der Waals surface area contributed by atoms with E-state index >= 15 is 0 Å². The van der Waals surface area contributed by atoms with Crippen LogP contribution in [0.15, 0.2) is 82.6 Å². The van der Waals surface area contributed by atoms with E-state index in [0.717, 1.165) is 14.8 Å². The number of amides is 2. The van der Waals surface area contributed by atoms with E-state index in [2.05, 4.69) is 5.32 Å². The number of rotatable bonds is 11. The van der Waals surface area contributed by atoms with Gasteiger partial charge in [0.05, 0.1) is 10.6 Å². The number of aryl methyl sites for hydroxylation is 1.